The zero-order chi connectivity index (χ0) is 13.1. The van der Waals surface area contributed by atoms with Crippen LogP contribution < -0.4 is 4.74 Å². The molecule has 0 amide bonds. The van der Waals surface area contributed by atoms with E-state index in [0.29, 0.717) is 6.61 Å². The first-order chi connectivity index (χ1) is 9.31. The Kier molecular flexibility index (Phi) is 3.47. The summed E-state index contributed by atoms with van der Waals surface area (Å²) in [5.41, 5.74) is 2.08. The average molecular weight is 314 g/mol. The van der Waals surface area contributed by atoms with Gasteiger partial charge in [0.05, 0.1) is 5.52 Å². The molecule has 0 saturated heterocycles. The fourth-order valence-corrected chi connectivity index (χ4v) is 2.16. The first-order valence-electron chi connectivity index (χ1n) is 6.03. The minimum atomic E-state index is 0.527. The number of rotatable bonds is 3. The maximum atomic E-state index is 5.74. The third-order valence-corrected chi connectivity index (χ3v) is 3.39. The molecule has 1 aromatic heterocycles. The van der Waals surface area contributed by atoms with E-state index < -0.39 is 0 Å². The minimum Gasteiger partial charge on any atom is -0.489 e. The lowest BCUT2D eigenvalue weighted by atomic mass is 10.2. The highest BCUT2D eigenvalue weighted by atomic mass is 79.9. The van der Waals surface area contributed by atoms with Gasteiger partial charge in [0.25, 0.3) is 0 Å². The predicted octanol–water partition coefficient (Wildman–Crippen LogP) is 4.58. The van der Waals surface area contributed by atoms with Crippen molar-refractivity contribution >= 4 is 26.8 Å². The molecule has 1 heterocycles. The Morgan fingerprint density at radius 2 is 1.79 bits per heavy atom. The normalized spacial score (nSPS) is 10.6. The van der Waals surface area contributed by atoms with Crippen LogP contribution in [0.15, 0.2) is 65.3 Å². The van der Waals surface area contributed by atoms with E-state index in [1.165, 1.54) is 0 Å². The summed E-state index contributed by atoms with van der Waals surface area (Å²) in [6.07, 6.45) is 1.86. The van der Waals surface area contributed by atoms with Crippen molar-refractivity contribution in [2.24, 2.45) is 0 Å². The lowest BCUT2D eigenvalue weighted by Gasteiger charge is -2.07. The molecule has 19 heavy (non-hydrogen) atoms. The van der Waals surface area contributed by atoms with Gasteiger partial charge >= 0.3 is 0 Å². The Bertz CT molecular complexity index is 694. The van der Waals surface area contributed by atoms with Crippen molar-refractivity contribution in [2.75, 3.05) is 0 Å². The van der Waals surface area contributed by atoms with Crippen LogP contribution in [0.25, 0.3) is 10.9 Å². The number of ether oxygens (including phenoxy) is 1. The largest absolute Gasteiger partial charge is 0.489 e. The summed E-state index contributed by atoms with van der Waals surface area (Å²) in [4.78, 5) is 4.42. The summed E-state index contributed by atoms with van der Waals surface area (Å²) in [7, 11) is 0. The minimum absolute atomic E-state index is 0.527. The van der Waals surface area contributed by atoms with Gasteiger partial charge in [-0.1, -0.05) is 34.1 Å². The fourth-order valence-electron chi connectivity index (χ4n) is 1.89. The molecule has 0 radical (unpaired) electrons. The number of halogens is 1. The van der Waals surface area contributed by atoms with Gasteiger partial charge in [-0.2, -0.15) is 0 Å². The highest BCUT2D eigenvalue weighted by Crippen LogP contribution is 2.18. The first-order valence-corrected chi connectivity index (χ1v) is 6.82. The topological polar surface area (TPSA) is 22.1 Å². The first kappa shape index (κ1) is 12.2. The lowest BCUT2D eigenvalue weighted by Crippen LogP contribution is -1.96. The monoisotopic (exact) mass is 313 g/mol. The van der Waals surface area contributed by atoms with Crippen molar-refractivity contribution in [2.45, 2.75) is 6.61 Å². The van der Waals surface area contributed by atoms with Crippen LogP contribution in [-0.4, -0.2) is 4.98 Å². The zero-order valence-electron chi connectivity index (χ0n) is 10.2. The molecule has 0 atom stereocenters. The lowest BCUT2D eigenvalue weighted by molar-refractivity contribution is 0.306. The average Bonchev–Trinajstić information content (AvgIpc) is 2.46. The molecule has 0 aliphatic carbocycles. The second kappa shape index (κ2) is 5.41. The molecule has 3 heteroatoms. The van der Waals surface area contributed by atoms with Gasteiger partial charge in [-0.15, -0.1) is 0 Å². The van der Waals surface area contributed by atoms with Crippen LogP contribution in [0.1, 0.15) is 5.56 Å². The number of fused-ring (bicyclic) bond motifs is 1. The van der Waals surface area contributed by atoms with Crippen LogP contribution in [0.2, 0.25) is 0 Å². The molecule has 2 aromatic carbocycles. The van der Waals surface area contributed by atoms with Crippen molar-refractivity contribution in [3.05, 3.63) is 70.8 Å². The van der Waals surface area contributed by atoms with Gasteiger partial charge in [0, 0.05) is 21.6 Å². The quantitative estimate of drug-likeness (QED) is 0.706. The second-order valence-corrected chi connectivity index (χ2v) is 5.19. The van der Waals surface area contributed by atoms with Gasteiger partial charge < -0.3 is 4.74 Å². The molecule has 0 aliphatic rings. The fraction of sp³-hybridized carbons (Fsp3) is 0.0625. The molecular formula is C16H12BrNO. The summed E-state index contributed by atoms with van der Waals surface area (Å²) in [5.74, 6) is 0.858. The molecule has 0 saturated carbocycles. The maximum absolute atomic E-state index is 5.74. The summed E-state index contributed by atoms with van der Waals surface area (Å²) < 4.78 is 6.78. The van der Waals surface area contributed by atoms with Crippen molar-refractivity contribution in [1.82, 2.24) is 4.98 Å². The third-order valence-electron chi connectivity index (χ3n) is 2.87. The van der Waals surface area contributed by atoms with Crippen molar-refractivity contribution in [3.63, 3.8) is 0 Å². The Labute approximate surface area is 120 Å². The second-order valence-electron chi connectivity index (χ2n) is 4.28. The van der Waals surface area contributed by atoms with Gasteiger partial charge in [-0.25, -0.2) is 0 Å². The number of hydrogen-bond donors (Lipinski definition) is 0. The Hall–Kier alpha value is -1.87. The van der Waals surface area contributed by atoms with Crippen LogP contribution in [0.4, 0.5) is 0 Å². The zero-order valence-corrected chi connectivity index (χ0v) is 11.8. The van der Waals surface area contributed by atoms with E-state index in [1.807, 2.05) is 48.7 Å². The Morgan fingerprint density at radius 3 is 2.63 bits per heavy atom. The summed E-state index contributed by atoms with van der Waals surface area (Å²) in [6, 6.07) is 18.0. The van der Waals surface area contributed by atoms with E-state index >= 15 is 0 Å². The highest BCUT2D eigenvalue weighted by molar-refractivity contribution is 9.10. The summed E-state index contributed by atoms with van der Waals surface area (Å²) in [5, 5.41) is 1.14. The molecule has 2 nitrogen and oxygen atoms in total. The maximum Gasteiger partial charge on any atom is 0.119 e. The van der Waals surface area contributed by atoms with Crippen LogP contribution >= 0.6 is 15.9 Å². The van der Waals surface area contributed by atoms with E-state index in [4.69, 9.17) is 4.74 Å². The molecule has 0 spiro atoms. The number of hydrogen-bond acceptors (Lipinski definition) is 2. The van der Waals surface area contributed by atoms with Crippen LogP contribution in [-0.2, 0) is 6.61 Å². The van der Waals surface area contributed by atoms with Gasteiger partial charge in [0.15, 0.2) is 0 Å². The SMILES string of the molecule is Brc1ccc(OCc2cnc3ccccc3c2)cc1. The van der Waals surface area contributed by atoms with Crippen molar-refractivity contribution < 1.29 is 4.74 Å². The number of pyridine rings is 1. The molecule has 0 bridgehead atoms. The predicted molar refractivity (Wildman–Crippen MR) is 80.2 cm³/mol. The van der Waals surface area contributed by atoms with E-state index in [2.05, 4.69) is 33.0 Å². The van der Waals surface area contributed by atoms with Crippen LogP contribution in [0.3, 0.4) is 0 Å². The molecule has 94 valence electrons. The standard InChI is InChI=1S/C16H12BrNO/c17-14-5-7-15(8-6-14)19-11-12-9-13-3-1-2-4-16(13)18-10-12/h1-10H,11H2. The van der Waals surface area contributed by atoms with Gasteiger partial charge in [-0.3, -0.25) is 4.98 Å². The van der Waals surface area contributed by atoms with Crippen molar-refractivity contribution in [3.8, 4) is 5.75 Å². The van der Waals surface area contributed by atoms with Gasteiger partial charge in [-0.05, 0) is 36.4 Å². The summed E-state index contributed by atoms with van der Waals surface area (Å²) >= 11 is 3.40. The molecule has 0 unspecified atom stereocenters. The molecule has 3 aromatic rings. The molecule has 0 N–H and O–H groups in total. The molecule has 3 rings (SSSR count). The number of para-hydroxylation sites is 1. The Morgan fingerprint density at radius 1 is 1.00 bits per heavy atom. The number of aromatic nitrogens is 1. The van der Waals surface area contributed by atoms with Gasteiger partial charge in [0.1, 0.15) is 12.4 Å². The molecule has 0 aliphatic heterocycles. The van der Waals surface area contributed by atoms with Gasteiger partial charge in [0.2, 0.25) is 0 Å². The number of benzene rings is 2. The van der Waals surface area contributed by atoms with Crippen molar-refractivity contribution in [1.29, 1.82) is 0 Å². The number of nitrogens with zero attached hydrogens (tertiary/aromatic N) is 1. The molecule has 0 fully saturated rings. The van der Waals surface area contributed by atoms with E-state index in [1.54, 1.807) is 0 Å². The van der Waals surface area contributed by atoms with E-state index in [0.717, 1.165) is 26.7 Å². The smallest absolute Gasteiger partial charge is 0.119 e. The summed E-state index contributed by atoms with van der Waals surface area (Å²) in [6.45, 7) is 0.527. The highest BCUT2D eigenvalue weighted by Gasteiger charge is 1.99. The van der Waals surface area contributed by atoms with E-state index in [9.17, 15) is 0 Å². The molecular weight excluding hydrogens is 302 g/mol. The Balaban J connectivity index is 1.76. The van der Waals surface area contributed by atoms with Crippen LogP contribution in [0.5, 0.6) is 5.75 Å². The van der Waals surface area contributed by atoms with E-state index in [-0.39, 0.29) is 0 Å². The third kappa shape index (κ3) is 2.93. The van der Waals surface area contributed by atoms with Crippen LogP contribution in [0, 0.1) is 0 Å².